The second-order valence-corrected chi connectivity index (χ2v) is 3.83. The molecule has 0 radical (unpaired) electrons. The molecule has 3 N–H and O–H groups in total. The number of nitrogens with one attached hydrogen (secondary N) is 1. The third kappa shape index (κ3) is 2.25. The van der Waals surface area contributed by atoms with E-state index in [4.69, 9.17) is 5.11 Å². The van der Waals surface area contributed by atoms with Gasteiger partial charge in [-0.2, -0.15) is 0 Å². The molecular weight excluding hydrogens is 208 g/mol. The fourth-order valence-electron chi connectivity index (χ4n) is 1.85. The predicted octanol–water partition coefficient (Wildman–Crippen LogP) is 1.02. The number of phenolic OH excluding ortho intramolecular Hbond substituents is 1. The molecule has 16 heavy (non-hydrogen) atoms. The molecule has 1 heterocycles. The molecule has 1 aromatic carbocycles. The summed E-state index contributed by atoms with van der Waals surface area (Å²) in [6.07, 6.45) is -0.884. The molecule has 5 heteroatoms. The maximum atomic E-state index is 10.8. The van der Waals surface area contributed by atoms with Gasteiger partial charge in [-0.15, -0.1) is 0 Å². The summed E-state index contributed by atoms with van der Waals surface area (Å²) >= 11 is 0. The lowest BCUT2D eigenvalue weighted by Gasteiger charge is -2.32. The van der Waals surface area contributed by atoms with Crippen molar-refractivity contribution in [3.63, 3.8) is 0 Å². The summed E-state index contributed by atoms with van der Waals surface area (Å²) in [5, 5.41) is 21.3. The molecule has 2 rings (SSSR count). The fourth-order valence-corrected chi connectivity index (χ4v) is 1.85. The second kappa shape index (κ2) is 4.40. The number of hydrogen-bond donors (Lipinski definition) is 3. The second-order valence-electron chi connectivity index (χ2n) is 3.83. The normalized spacial score (nSPS) is 20.8. The van der Waals surface area contributed by atoms with Crippen LogP contribution in [0.5, 0.6) is 5.75 Å². The van der Waals surface area contributed by atoms with Gasteiger partial charge in [-0.1, -0.05) is 12.1 Å². The maximum absolute atomic E-state index is 10.8. The number of nitrogens with zero attached hydrogens (tertiary/aromatic N) is 1. The molecular formula is C11H14N2O3. The minimum absolute atomic E-state index is 0.00505. The van der Waals surface area contributed by atoms with Gasteiger partial charge in [0.05, 0.1) is 6.04 Å². The van der Waals surface area contributed by atoms with Crippen molar-refractivity contribution in [3.05, 3.63) is 29.8 Å². The Bertz CT molecular complexity index is 377. The molecule has 1 saturated heterocycles. The minimum atomic E-state index is -0.884. The average Bonchev–Trinajstić information content (AvgIpc) is 2.30. The van der Waals surface area contributed by atoms with Crippen molar-refractivity contribution in [2.75, 3.05) is 19.6 Å². The lowest BCUT2D eigenvalue weighted by atomic mass is 10.0. The number of phenols is 1. The van der Waals surface area contributed by atoms with Gasteiger partial charge in [-0.05, 0) is 17.7 Å². The largest absolute Gasteiger partial charge is 0.508 e. The maximum Gasteiger partial charge on any atom is 0.407 e. The van der Waals surface area contributed by atoms with E-state index in [1.165, 1.54) is 4.90 Å². The summed E-state index contributed by atoms with van der Waals surface area (Å²) in [7, 11) is 0. The Labute approximate surface area is 93.3 Å². The van der Waals surface area contributed by atoms with E-state index in [0.717, 1.165) is 5.56 Å². The highest BCUT2D eigenvalue weighted by molar-refractivity contribution is 5.65. The molecule has 0 unspecified atom stereocenters. The van der Waals surface area contributed by atoms with Crippen LogP contribution in [0.1, 0.15) is 11.6 Å². The van der Waals surface area contributed by atoms with Crippen LogP contribution in [0.15, 0.2) is 24.3 Å². The highest BCUT2D eigenvalue weighted by Crippen LogP contribution is 2.19. The highest BCUT2D eigenvalue weighted by atomic mass is 16.4. The van der Waals surface area contributed by atoms with Gasteiger partial charge >= 0.3 is 6.09 Å². The minimum Gasteiger partial charge on any atom is -0.508 e. The molecule has 0 bridgehead atoms. The molecule has 0 aliphatic carbocycles. The van der Waals surface area contributed by atoms with E-state index in [-0.39, 0.29) is 11.8 Å². The molecule has 0 spiro atoms. The lowest BCUT2D eigenvalue weighted by Crippen LogP contribution is -2.47. The Hall–Kier alpha value is -1.75. The Morgan fingerprint density at radius 3 is 2.69 bits per heavy atom. The molecule has 1 fully saturated rings. The Morgan fingerprint density at radius 1 is 1.38 bits per heavy atom. The van der Waals surface area contributed by atoms with Gasteiger partial charge < -0.3 is 20.4 Å². The van der Waals surface area contributed by atoms with Crippen molar-refractivity contribution in [1.82, 2.24) is 10.2 Å². The first-order valence-corrected chi connectivity index (χ1v) is 5.17. The summed E-state index contributed by atoms with van der Waals surface area (Å²) < 4.78 is 0. The average molecular weight is 222 g/mol. The lowest BCUT2D eigenvalue weighted by molar-refractivity contribution is 0.129. The number of carboxylic acid groups (broad SMARTS) is 1. The zero-order chi connectivity index (χ0) is 11.5. The van der Waals surface area contributed by atoms with Gasteiger partial charge in [0.25, 0.3) is 0 Å². The molecule has 0 aromatic heterocycles. The first-order valence-electron chi connectivity index (χ1n) is 5.17. The fraction of sp³-hybridized carbons (Fsp3) is 0.364. The van der Waals surface area contributed by atoms with E-state index in [9.17, 15) is 9.90 Å². The van der Waals surface area contributed by atoms with Crippen molar-refractivity contribution in [2.45, 2.75) is 6.04 Å². The Kier molecular flexibility index (Phi) is 2.96. The molecule has 1 aliphatic heterocycles. The van der Waals surface area contributed by atoms with Crippen LogP contribution >= 0.6 is 0 Å². The van der Waals surface area contributed by atoms with E-state index >= 15 is 0 Å². The topological polar surface area (TPSA) is 72.8 Å². The SMILES string of the molecule is O=C(O)N1CCN[C@@H](c2ccc(O)cc2)C1. The zero-order valence-electron chi connectivity index (χ0n) is 8.76. The summed E-state index contributed by atoms with van der Waals surface area (Å²) in [5.74, 6) is 0.217. The van der Waals surface area contributed by atoms with Crippen LogP contribution in [0, 0.1) is 0 Å². The summed E-state index contributed by atoms with van der Waals surface area (Å²) in [5.41, 5.74) is 0.990. The first-order chi connectivity index (χ1) is 7.66. The monoisotopic (exact) mass is 222 g/mol. The summed E-state index contributed by atoms with van der Waals surface area (Å²) in [4.78, 5) is 12.2. The van der Waals surface area contributed by atoms with Crippen molar-refractivity contribution in [3.8, 4) is 5.75 Å². The van der Waals surface area contributed by atoms with Gasteiger partial charge in [0.15, 0.2) is 0 Å². The first kappa shape index (κ1) is 10.8. The van der Waals surface area contributed by atoms with E-state index < -0.39 is 6.09 Å². The number of aromatic hydroxyl groups is 1. The van der Waals surface area contributed by atoms with Crippen LogP contribution in [0.25, 0.3) is 0 Å². The molecule has 0 saturated carbocycles. The van der Waals surface area contributed by atoms with Gasteiger partial charge in [-0.3, -0.25) is 0 Å². The standard InChI is InChI=1S/C11H14N2O3/c14-9-3-1-8(2-4-9)10-7-13(11(15)16)6-5-12-10/h1-4,10,12,14H,5-7H2,(H,15,16)/t10-/m1/s1. The van der Waals surface area contributed by atoms with Gasteiger partial charge in [-0.25, -0.2) is 4.79 Å². The van der Waals surface area contributed by atoms with Crippen LogP contribution in [0.4, 0.5) is 4.79 Å². The number of benzene rings is 1. The number of amides is 1. The van der Waals surface area contributed by atoms with Crippen molar-refractivity contribution >= 4 is 6.09 Å². The van der Waals surface area contributed by atoms with E-state index in [1.807, 2.05) is 0 Å². The van der Waals surface area contributed by atoms with Crippen LogP contribution in [0.2, 0.25) is 0 Å². The van der Waals surface area contributed by atoms with Gasteiger partial charge in [0, 0.05) is 19.6 Å². The van der Waals surface area contributed by atoms with Crippen molar-refractivity contribution in [1.29, 1.82) is 0 Å². The number of hydrogen-bond acceptors (Lipinski definition) is 3. The van der Waals surface area contributed by atoms with E-state index in [2.05, 4.69) is 5.32 Å². The van der Waals surface area contributed by atoms with Crippen LogP contribution in [-0.4, -0.2) is 40.8 Å². The molecule has 86 valence electrons. The molecule has 5 nitrogen and oxygen atoms in total. The zero-order valence-corrected chi connectivity index (χ0v) is 8.76. The Balaban J connectivity index is 2.09. The summed E-state index contributed by atoms with van der Waals surface area (Å²) in [6, 6.07) is 6.83. The van der Waals surface area contributed by atoms with Crippen LogP contribution in [-0.2, 0) is 0 Å². The van der Waals surface area contributed by atoms with E-state index in [0.29, 0.717) is 19.6 Å². The van der Waals surface area contributed by atoms with Crippen LogP contribution in [0.3, 0.4) is 0 Å². The molecule has 1 aromatic rings. The highest BCUT2D eigenvalue weighted by Gasteiger charge is 2.23. The Morgan fingerprint density at radius 2 is 2.06 bits per heavy atom. The number of rotatable bonds is 1. The third-order valence-corrected chi connectivity index (χ3v) is 2.74. The number of piperazine rings is 1. The molecule has 1 amide bonds. The van der Waals surface area contributed by atoms with Gasteiger partial charge in [0.1, 0.15) is 5.75 Å². The number of carbonyl (C=O) groups is 1. The smallest absolute Gasteiger partial charge is 0.407 e. The third-order valence-electron chi connectivity index (χ3n) is 2.74. The quantitative estimate of drug-likeness (QED) is 0.663. The predicted molar refractivity (Wildman–Crippen MR) is 58.4 cm³/mol. The summed E-state index contributed by atoms with van der Waals surface area (Å²) in [6.45, 7) is 1.61. The van der Waals surface area contributed by atoms with Gasteiger partial charge in [0.2, 0.25) is 0 Å². The van der Waals surface area contributed by atoms with Crippen molar-refractivity contribution in [2.24, 2.45) is 0 Å². The molecule has 1 atom stereocenters. The van der Waals surface area contributed by atoms with E-state index in [1.54, 1.807) is 24.3 Å². The van der Waals surface area contributed by atoms with Crippen LogP contribution < -0.4 is 5.32 Å². The molecule has 1 aliphatic rings. The van der Waals surface area contributed by atoms with Crippen molar-refractivity contribution < 1.29 is 15.0 Å².